The molecule has 5 N–H and O–H groups in total. The maximum atomic E-state index is 12.2. The Morgan fingerprint density at radius 2 is 1.88 bits per heavy atom. The van der Waals surface area contributed by atoms with Crippen LogP contribution in [0.5, 0.6) is 0 Å². The third-order valence-corrected chi connectivity index (χ3v) is 17.4. The van der Waals surface area contributed by atoms with Crippen molar-refractivity contribution in [3.05, 3.63) is 16.5 Å². The van der Waals surface area contributed by atoms with E-state index in [2.05, 4.69) is 39.7 Å². The number of carbonyl (C=O) groups excluding carboxylic acids is 1. The summed E-state index contributed by atoms with van der Waals surface area (Å²) >= 11 is 0.128. The van der Waals surface area contributed by atoms with Crippen molar-refractivity contribution in [1.82, 2.24) is 14.5 Å². The fraction of sp³-hybridized carbons (Fsp3) is 0.650. The van der Waals surface area contributed by atoms with Crippen molar-refractivity contribution in [3.63, 3.8) is 0 Å². The molecule has 0 saturated carbocycles. The van der Waals surface area contributed by atoms with E-state index in [9.17, 15) is 9.90 Å². The van der Waals surface area contributed by atoms with E-state index < -0.39 is 43.5 Å². The second-order valence-electron chi connectivity index (χ2n) is 8.39. The molecule has 32 heavy (non-hydrogen) atoms. The molecule has 2 fully saturated rings. The Morgan fingerprint density at radius 1 is 1.22 bits per heavy atom. The number of hydrogen-bond donors (Lipinski definition) is 3. The van der Waals surface area contributed by atoms with Gasteiger partial charge in [-0.25, -0.2) is 0 Å². The minimum atomic E-state index is -3.38. The van der Waals surface area contributed by atoms with Crippen LogP contribution in [0.2, 0.25) is 8.87 Å². The van der Waals surface area contributed by atoms with Crippen LogP contribution < -0.4 is 11.5 Å². The molecule has 0 aromatic carbocycles. The van der Waals surface area contributed by atoms with Gasteiger partial charge in [-0.1, -0.05) is 0 Å². The molecule has 0 aliphatic carbocycles. The predicted octanol–water partition coefficient (Wildman–Crippen LogP) is 2.59. The van der Waals surface area contributed by atoms with Crippen molar-refractivity contribution in [2.24, 2.45) is 5.73 Å². The Bertz CT molecular complexity index is 996. The first-order chi connectivity index (χ1) is 15.4. The predicted molar refractivity (Wildman–Crippen MR) is 124 cm³/mol. The van der Waals surface area contributed by atoms with Crippen LogP contribution in [0.3, 0.4) is 0 Å². The van der Waals surface area contributed by atoms with Crippen LogP contribution in [-0.4, -0.2) is 69.7 Å². The molecule has 0 unspecified atom stereocenters. The van der Waals surface area contributed by atoms with Gasteiger partial charge in [0, 0.05) is 0 Å². The van der Waals surface area contributed by atoms with Gasteiger partial charge in [-0.05, 0) is 0 Å². The van der Waals surface area contributed by atoms with E-state index in [-0.39, 0.29) is 24.1 Å². The van der Waals surface area contributed by atoms with Crippen molar-refractivity contribution in [2.45, 2.75) is 72.9 Å². The van der Waals surface area contributed by atoms with Gasteiger partial charge in [0.15, 0.2) is 0 Å². The third kappa shape index (κ3) is 4.04. The number of nitrogens with two attached hydrogens (primary N) is 2. The number of hydrogen-bond acceptors (Lipinski definition) is 8. The first-order valence-electron chi connectivity index (χ1n) is 11.1. The SMILES string of the molecule is CCC[CH2][Sn]1([CH2]CCC)[O][C@H]2[C@H]([O]1)[C@H](n1c(Br)c(C(N)=O)c3c(N)ncnc31)O[C@H]2CO. The molecule has 12 heteroatoms. The minimum absolute atomic E-state index is 0.152. The molecule has 10 nitrogen and oxygen atoms in total. The van der Waals surface area contributed by atoms with E-state index in [4.69, 9.17) is 22.4 Å². The zero-order valence-corrected chi connectivity index (χ0v) is 22.7. The van der Waals surface area contributed by atoms with Crippen LogP contribution in [0.15, 0.2) is 10.9 Å². The number of nitrogen functional groups attached to an aromatic ring is 1. The van der Waals surface area contributed by atoms with Gasteiger partial charge in [0.25, 0.3) is 0 Å². The van der Waals surface area contributed by atoms with Gasteiger partial charge in [0.05, 0.1) is 0 Å². The van der Waals surface area contributed by atoms with Crippen molar-refractivity contribution in [1.29, 1.82) is 0 Å². The van der Waals surface area contributed by atoms with E-state index in [0.29, 0.717) is 15.6 Å². The van der Waals surface area contributed by atoms with Crippen molar-refractivity contribution >= 4 is 57.9 Å². The zero-order chi connectivity index (χ0) is 23.0. The molecule has 0 spiro atoms. The van der Waals surface area contributed by atoms with E-state index in [1.54, 1.807) is 4.57 Å². The molecular weight excluding hydrogens is 589 g/mol. The van der Waals surface area contributed by atoms with Gasteiger partial charge in [0.1, 0.15) is 0 Å². The Morgan fingerprint density at radius 3 is 2.47 bits per heavy atom. The summed E-state index contributed by atoms with van der Waals surface area (Å²) < 4.78 is 23.8. The molecule has 0 radical (unpaired) electrons. The van der Waals surface area contributed by atoms with Crippen molar-refractivity contribution < 1.29 is 20.8 Å². The molecule has 4 rings (SSSR count). The summed E-state index contributed by atoms with van der Waals surface area (Å²) in [6.45, 7) is 4.13. The number of nitrogens with zero attached hydrogens (tertiary/aromatic N) is 3. The van der Waals surface area contributed by atoms with Gasteiger partial charge in [-0.2, -0.15) is 0 Å². The molecule has 4 atom stereocenters. The molecule has 4 heterocycles. The van der Waals surface area contributed by atoms with Crippen molar-refractivity contribution in [2.75, 3.05) is 12.3 Å². The Kier molecular flexibility index (Phi) is 7.32. The fourth-order valence-electron chi connectivity index (χ4n) is 4.69. The van der Waals surface area contributed by atoms with E-state index in [1.807, 2.05) is 0 Å². The number of rotatable bonds is 9. The number of primary amides is 1. The summed E-state index contributed by atoms with van der Waals surface area (Å²) in [5.41, 5.74) is 12.3. The number of aliphatic hydroxyl groups is 1. The summed E-state index contributed by atoms with van der Waals surface area (Å²) in [5.74, 6) is -0.502. The quantitative estimate of drug-likeness (QED) is 0.363. The molecular formula is C20H30BrN5O5Sn. The average molecular weight is 619 g/mol. The normalized spacial score (nSPS) is 26.6. The second kappa shape index (κ2) is 9.71. The van der Waals surface area contributed by atoms with Crippen LogP contribution in [0.4, 0.5) is 5.82 Å². The molecule has 2 aromatic rings. The molecule has 2 aliphatic rings. The summed E-state index contributed by atoms with van der Waals surface area (Å²) in [6, 6.07) is 0. The summed E-state index contributed by atoms with van der Waals surface area (Å²) in [6.07, 6.45) is 3.62. The number of anilines is 1. The van der Waals surface area contributed by atoms with Gasteiger partial charge < -0.3 is 0 Å². The van der Waals surface area contributed by atoms with Crippen LogP contribution in [0, 0.1) is 0 Å². The topological polar surface area (TPSA) is 148 Å². The summed E-state index contributed by atoms with van der Waals surface area (Å²) in [7, 11) is 0. The van der Waals surface area contributed by atoms with Crippen molar-refractivity contribution in [3.8, 4) is 0 Å². The number of carbonyl (C=O) groups is 1. The molecule has 1 amide bonds. The van der Waals surface area contributed by atoms with Gasteiger partial charge in [-0.3, -0.25) is 0 Å². The van der Waals surface area contributed by atoms with Crippen LogP contribution in [0.25, 0.3) is 11.0 Å². The number of halogens is 1. The number of aliphatic hydroxyl groups excluding tert-OH is 1. The number of ether oxygens (including phenoxy) is 1. The first-order valence-corrected chi connectivity index (χ1v) is 18.2. The first kappa shape index (κ1) is 24.1. The summed E-state index contributed by atoms with van der Waals surface area (Å²) in [5, 5.41) is 10.4. The van der Waals surface area contributed by atoms with Gasteiger partial charge in [-0.15, -0.1) is 0 Å². The molecule has 2 aromatic heterocycles. The van der Waals surface area contributed by atoms with E-state index in [0.717, 1.165) is 34.6 Å². The maximum absolute atomic E-state index is 12.2. The number of amides is 1. The van der Waals surface area contributed by atoms with Crippen LogP contribution in [-0.2, 0) is 10.9 Å². The van der Waals surface area contributed by atoms with Gasteiger partial charge >= 0.3 is 201 Å². The summed E-state index contributed by atoms with van der Waals surface area (Å²) in [4.78, 5) is 20.6. The van der Waals surface area contributed by atoms with E-state index in [1.165, 1.54) is 6.33 Å². The number of unbranched alkanes of at least 4 members (excludes halogenated alkanes) is 2. The van der Waals surface area contributed by atoms with Crippen LogP contribution >= 0.6 is 15.9 Å². The molecule has 176 valence electrons. The van der Waals surface area contributed by atoms with E-state index >= 15 is 0 Å². The Labute approximate surface area is 200 Å². The van der Waals surface area contributed by atoms with Gasteiger partial charge in [0.2, 0.25) is 0 Å². The third-order valence-electron chi connectivity index (χ3n) is 6.24. The standard InChI is InChI=1S/C12H12BrN5O5.2C4H9.Sn/c13-8-4(10(15)22)5-9(14)16-2-17-11(5)18(8)12-7(21)6(20)3(1-19)23-12;2*1-3-4-2;/h2-3,6-7,12,19H,1H2,(H2,15,22)(H2,14,16,17);2*1,3-4H2,2H3;/q-2;;;+2/t3-,6+,7-,12+;;;/m0.../s1. The average Bonchev–Trinajstić information content (AvgIpc) is 3.39. The Balaban J connectivity index is 1.79. The number of fused-ring (bicyclic) bond motifs is 2. The Hall–Kier alpha value is -0.991. The van der Waals surface area contributed by atoms with Crippen LogP contribution in [0.1, 0.15) is 56.1 Å². The molecule has 2 aliphatic heterocycles. The molecule has 2 saturated heterocycles. The zero-order valence-electron chi connectivity index (χ0n) is 18.3. The monoisotopic (exact) mass is 619 g/mol. The molecule has 0 bridgehead atoms. The fourth-order valence-corrected chi connectivity index (χ4v) is 17.1. The number of aromatic nitrogens is 3. The second-order valence-corrected chi connectivity index (χ2v) is 18.5.